The van der Waals surface area contributed by atoms with Gasteiger partial charge in [-0.05, 0) is 41.3 Å². The van der Waals surface area contributed by atoms with Crippen LogP contribution in [0.15, 0.2) is 42.5 Å². The molecule has 21 heavy (non-hydrogen) atoms. The van der Waals surface area contributed by atoms with E-state index in [9.17, 15) is 0 Å². The molecule has 3 rings (SSSR count). The molecule has 1 aliphatic heterocycles. The van der Waals surface area contributed by atoms with Gasteiger partial charge < -0.3 is 10.1 Å². The summed E-state index contributed by atoms with van der Waals surface area (Å²) >= 11 is 6.02. The second kappa shape index (κ2) is 6.50. The zero-order valence-corrected chi connectivity index (χ0v) is 13.0. The zero-order chi connectivity index (χ0) is 14.7. The molecule has 0 aliphatic carbocycles. The van der Waals surface area contributed by atoms with Gasteiger partial charge >= 0.3 is 0 Å². The average Bonchev–Trinajstić information content (AvgIpc) is 2.89. The molecule has 1 heterocycles. The van der Waals surface area contributed by atoms with Crippen LogP contribution < -0.4 is 10.1 Å². The van der Waals surface area contributed by atoms with Gasteiger partial charge in [0, 0.05) is 24.5 Å². The van der Waals surface area contributed by atoms with E-state index in [0.29, 0.717) is 0 Å². The minimum atomic E-state index is 0.201. The predicted molar refractivity (Wildman–Crippen MR) is 87.1 cm³/mol. The van der Waals surface area contributed by atoms with Gasteiger partial charge in [-0.1, -0.05) is 42.8 Å². The highest BCUT2D eigenvalue weighted by Crippen LogP contribution is 2.30. The van der Waals surface area contributed by atoms with Crippen molar-refractivity contribution in [1.29, 1.82) is 0 Å². The fourth-order valence-electron chi connectivity index (χ4n) is 2.85. The van der Waals surface area contributed by atoms with Crippen LogP contribution in [-0.4, -0.2) is 12.6 Å². The molecule has 1 unspecified atom stereocenters. The second-order valence-electron chi connectivity index (χ2n) is 5.45. The molecule has 2 aromatic carbocycles. The van der Waals surface area contributed by atoms with Crippen LogP contribution >= 0.6 is 11.6 Å². The van der Waals surface area contributed by atoms with Gasteiger partial charge in [-0.15, -0.1) is 0 Å². The summed E-state index contributed by atoms with van der Waals surface area (Å²) in [7, 11) is 0. The topological polar surface area (TPSA) is 21.3 Å². The molecule has 110 valence electrons. The lowest BCUT2D eigenvalue weighted by atomic mass is 10.1. The SMILES string of the molecule is CCc1ccccc1CNCC1Cc2cc(Cl)ccc2O1. The lowest BCUT2D eigenvalue weighted by Crippen LogP contribution is -2.29. The molecule has 0 radical (unpaired) electrons. The summed E-state index contributed by atoms with van der Waals surface area (Å²) < 4.78 is 5.94. The fraction of sp³-hybridized carbons (Fsp3) is 0.333. The summed E-state index contributed by atoms with van der Waals surface area (Å²) in [5, 5.41) is 4.29. The molecule has 0 aromatic heterocycles. The largest absolute Gasteiger partial charge is 0.488 e. The molecule has 3 heteroatoms. The lowest BCUT2D eigenvalue weighted by Gasteiger charge is -2.13. The van der Waals surface area contributed by atoms with E-state index < -0.39 is 0 Å². The third-order valence-corrected chi connectivity index (χ3v) is 4.19. The fourth-order valence-corrected chi connectivity index (χ4v) is 3.04. The Morgan fingerprint density at radius 2 is 2.00 bits per heavy atom. The summed E-state index contributed by atoms with van der Waals surface area (Å²) in [5.41, 5.74) is 3.99. The first-order valence-electron chi connectivity index (χ1n) is 7.49. The molecule has 0 saturated carbocycles. The Morgan fingerprint density at radius 1 is 1.19 bits per heavy atom. The Bertz CT molecular complexity index is 626. The highest BCUT2D eigenvalue weighted by Gasteiger charge is 2.22. The maximum atomic E-state index is 6.02. The van der Waals surface area contributed by atoms with Crippen molar-refractivity contribution < 1.29 is 4.74 Å². The van der Waals surface area contributed by atoms with Crippen LogP contribution in [-0.2, 0) is 19.4 Å². The zero-order valence-electron chi connectivity index (χ0n) is 12.2. The normalized spacial score (nSPS) is 16.6. The van der Waals surface area contributed by atoms with Crippen LogP contribution in [0.25, 0.3) is 0 Å². The molecule has 2 aromatic rings. The molecule has 0 bridgehead atoms. The molecule has 1 aliphatic rings. The monoisotopic (exact) mass is 301 g/mol. The Kier molecular flexibility index (Phi) is 4.47. The van der Waals surface area contributed by atoms with E-state index in [1.54, 1.807) is 0 Å². The standard InChI is InChI=1S/C18H20ClNO/c1-2-13-5-3-4-6-14(13)11-20-12-17-10-15-9-16(19)7-8-18(15)21-17/h3-9,17,20H,2,10-12H2,1H3. The maximum absolute atomic E-state index is 6.02. The van der Waals surface area contributed by atoms with Crippen LogP contribution in [0.2, 0.25) is 5.02 Å². The number of nitrogens with one attached hydrogen (secondary N) is 1. The van der Waals surface area contributed by atoms with E-state index in [0.717, 1.165) is 36.7 Å². The highest BCUT2D eigenvalue weighted by atomic mass is 35.5. The minimum Gasteiger partial charge on any atom is -0.488 e. The number of hydrogen-bond acceptors (Lipinski definition) is 2. The van der Waals surface area contributed by atoms with E-state index in [-0.39, 0.29) is 6.10 Å². The van der Waals surface area contributed by atoms with Crippen molar-refractivity contribution in [2.75, 3.05) is 6.54 Å². The van der Waals surface area contributed by atoms with Crippen molar-refractivity contribution in [2.24, 2.45) is 0 Å². The molecular formula is C18H20ClNO. The number of hydrogen-bond donors (Lipinski definition) is 1. The first-order chi connectivity index (χ1) is 10.3. The molecular weight excluding hydrogens is 282 g/mol. The van der Waals surface area contributed by atoms with Gasteiger partial charge in [0.25, 0.3) is 0 Å². The van der Waals surface area contributed by atoms with Crippen molar-refractivity contribution in [3.63, 3.8) is 0 Å². The highest BCUT2D eigenvalue weighted by molar-refractivity contribution is 6.30. The summed E-state index contributed by atoms with van der Waals surface area (Å²) in [6, 6.07) is 14.4. The van der Waals surface area contributed by atoms with Crippen molar-refractivity contribution in [1.82, 2.24) is 5.32 Å². The molecule has 2 nitrogen and oxygen atoms in total. The smallest absolute Gasteiger partial charge is 0.123 e. The van der Waals surface area contributed by atoms with Gasteiger partial charge in [-0.2, -0.15) is 0 Å². The Balaban J connectivity index is 1.53. The van der Waals surface area contributed by atoms with Gasteiger partial charge in [-0.25, -0.2) is 0 Å². The third kappa shape index (κ3) is 3.39. The summed E-state index contributed by atoms with van der Waals surface area (Å²) in [6.07, 6.45) is 2.20. The van der Waals surface area contributed by atoms with Gasteiger partial charge in [0.05, 0.1) is 0 Å². The molecule has 0 saturated heterocycles. The predicted octanol–water partition coefficient (Wildman–Crippen LogP) is 4.00. The number of benzene rings is 2. The molecule has 0 spiro atoms. The Hall–Kier alpha value is -1.51. The molecule has 0 fully saturated rings. The summed E-state index contributed by atoms with van der Waals surface area (Å²) in [6.45, 7) is 3.94. The summed E-state index contributed by atoms with van der Waals surface area (Å²) in [4.78, 5) is 0. The van der Waals surface area contributed by atoms with Crippen molar-refractivity contribution >= 4 is 11.6 Å². The Morgan fingerprint density at radius 3 is 2.81 bits per heavy atom. The number of ether oxygens (including phenoxy) is 1. The van der Waals surface area contributed by atoms with Gasteiger partial charge in [0.2, 0.25) is 0 Å². The van der Waals surface area contributed by atoms with Crippen LogP contribution in [0.5, 0.6) is 5.75 Å². The van der Waals surface area contributed by atoms with Gasteiger partial charge in [-0.3, -0.25) is 0 Å². The van der Waals surface area contributed by atoms with Crippen LogP contribution in [0.3, 0.4) is 0 Å². The first kappa shape index (κ1) is 14.4. The van der Waals surface area contributed by atoms with Crippen LogP contribution in [0.1, 0.15) is 23.6 Å². The second-order valence-corrected chi connectivity index (χ2v) is 5.89. The number of rotatable bonds is 5. The number of halogens is 1. The quantitative estimate of drug-likeness (QED) is 0.901. The van der Waals surface area contributed by atoms with Crippen molar-refractivity contribution in [3.05, 3.63) is 64.2 Å². The average molecular weight is 302 g/mol. The van der Waals surface area contributed by atoms with E-state index in [4.69, 9.17) is 16.3 Å². The third-order valence-electron chi connectivity index (χ3n) is 3.95. The number of aryl methyl sites for hydroxylation is 1. The molecule has 1 atom stereocenters. The van der Waals surface area contributed by atoms with E-state index in [2.05, 4.69) is 36.5 Å². The molecule has 0 amide bonds. The van der Waals surface area contributed by atoms with E-state index in [1.807, 2.05) is 18.2 Å². The number of fused-ring (bicyclic) bond motifs is 1. The maximum Gasteiger partial charge on any atom is 0.123 e. The summed E-state index contributed by atoms with van der Waals surface area (Å²) in [5.74, 6) is 0.972. The van der Waals surface area contributed by atoms with Crippen molar-refractivity contribution in [2.45, 2.75) is 32.4 Å². The van der Waals surface area contributed by atoms with Crippen LogP contribution in [0.4, 0.5) is 0 Å². The lowest BCUT2D eigenvalue weighted by molar-refractivity contribution is 0.227. The molecule has 1 N–H and O–H groups in total. The van der Waals surface area contributed by atoms with E-state index >= 15 is 0 Å². The minimum absolute atomic E-state index is 0.201. The Labute approximate surface area is 131 Å². The van der Waals surface area contributed by atoms with E-state index in [1.165, 1.54) is 16.7 Å². The first-order valence-corrected chi connectivity index (χ1v) is 7.86. The van der Waals surface area contributed by atoms with Gasteiger partial charge in [0.15, 0.2) is 0 Å². The van der Waals surface area contributed by atoms with Gasteiger partial charge in [0.1, 0.15) is 11.9 Å². The van der Waals surface area contributed by atoms with Crippen molar-refractivity contribution in [3.8, 4) is 5.75 Å². The van der Waals surface area contributed by atoms with Crippen LogP contribution in [0, 0.1) is 0 Å².